The zero-order chi connectivity index (χ0) is 10.5. The van der Waals surface area contributed by atoms with Crippen LogP contribution in [0.25, 0.3) is 0 Å². The molecule has 80 valence electrons. The van der Waals surface area contributed by atoms with Gasteiger partial charge in [0, 0.05) is 19.0 Å². The first-order valence-corrected chi connectivity index (χ1v) is 6.59. The molecular formula is C8H18ClNO2S. The highest BCUT2D eigenvalue weighted by molar-refractivity contribution is 7.89. The fourth-order valence-electron chi connectivity index (χ4n) is 1.05. The third-order valence-corrected chi connectivity index (χ3v) is 4.90. The number of hydrogen-bond donors (Lipinski definition) is 0. The van der Waals surface area contributed by atoms with E-state index in [4.69, 9.17) is 11.6 Å². The Hall–Kier alpha value is 0.200. The van der Waals surface area contributed by atoms with Gasteiger partial charge in [-0.05, 0) is 13.3 Å². The molecule has 0 aromatic rings. The number of alkyl halides is 1. The van der Waals surface area contributed by atoms with Crippen molar-refractivity contribution < 1.29 is 8.42 Å². The summed E-state index contributed by atoms with van der Waals surface area (Å²) in [6.45, 7) is 6.55. The van der Waals surface area contributed by atoms with Gasteiger partial charge in [0.1, 0.15) is 0 Å². The van der Waals surface area contributed by atoms with Crippen LogP contribution in [0.4, 0.5) is 0 Å². The lowest BCUT2D eigenvalue weighted by molar-refractivity contribution is 0.422. The van der Waals surface area contributed by atoms with Gasteiger partial charge < -0.3 is 0 Å². The van der Waals surface area contributed by atoms with Crippen molar-refractivity contribution in [3.8, 4) is 0 Å². The highest BCUT2D eigenvalue weighted by Crippen LogP contribution is 2.10. The Bertz CT molecular complexity index is 228. The molecule has 0 radical (unpaired) electrons. The van der Waals surface area contributed by atoms with E-state index < -0.39 is 15.3 Å². The second-order valence-corrected chi connectivity index (χ2v) is 5.66. The zero-order valence-electron chi connectivity index (χ0n) is 8.46. The Morgan fingerprint density at radius 1 is 1.38 bits per heavy atom. The monoisotopic (exact) mass is 227 g/mol. The Morgan fingerprint density at radius 3 is 2.23 bits per heavy atom. The smallest absolute Gasteiger partial charge is 0.212 e. The van der Waals surface area contributed by atoms with Gasteiger partial charge in [-0.2, -0.15) is 0 Å². The van der Waals surface area contributed by atoms with Crippen LogP contribution in [-0.2, 0) is 10.0 Å². The van der Waals surface area contributed by atoms with Crippen molar-refractivity contribution in [3.63, 3.8) is 0 Å². The molecule has 0 saturated carbocycles. The maximum atomic E-state index is 11.7. The SMILES string of the molecule is CCCN(CC)S(=O)(=O)C(C)CCl. The van der Waals surface area contributed by atoms with Gasteiger partial charge in [0.05, 0.1) is 5.25 Å². The highest BCUT2D eigenvalue weighted by Gasteiger charge is 2.25. The Kier molecular flexibility index (Phi) is 5.92. The molecule has 0 N–H and O–H groups in total. The number of halogens is 1. The quantitative estimate of drug-likeness (QED) is 0.648. The van der Waals surface area contributed by atoms with Crippen LogP contribution in [0.15, 0.2) is 0 Å². The summed E-state index contributed by atoms with van der Waals surface area (Å²) < 4.78 is 24.9. The van der Waals surface area contributed by atoms with E-state index >= 15 is 0 Å². The van der Waals surface area contributed by atoms with Crippen LogP contribution < -0.4 is 0 Å². The van der Waals surface area contributed by atoms with Crippen molar-refractivity contribution in [1.82, 2.24) is 4.31 Å². The molecular weight excluding hydrogens is 210 g/mol. The molecule has 0 aromatic carbocycles. The third-order valence-electron chi connectivity index (χ3n) is 1.91. The van der Waals surface area contributed by atoms with Crippen LogP contribution in [0.5, 0.6) is 0 Å². The topological polar surface area (TPSA) is 37.4 Å². The van der Waals surface area contributed by atoms with E-state index in [1.165, 1.54) is 4.31 Å². The predicted octanol–water partition coefficient (Wildman–Crippen LogP) is 1.68. The van der Waals surface area contributed by atoms with Gasteiger partial charge in [0.15, 0.2) is 0 Å². The van der Waals surface area contributed by atoms with Crippen molar-refractivity contribution >= 4 is 21.6 Å². The van der Waals surface area contributed by atoms with Gasteiger partial charge in [-0.25, -0.2) is 12.7 Å². The molecule has 0 aliphatic carbocycles. The Labute approximate surface area is 86.1 Å². The van der Waals surface area contributed by atoms with Gasteiger partial charge in [-0.3, -0.25) is 0 Å². The Balaban J connectivity index is 4.57. The molecule has 1 atom stereocenters. The maximum Gasteiger partial charge on any atom is 0.217 e. The average Bonchev–Trinajstić information content (AvgIpc) is 2.12. The first-order chi connectivity index (χ1) is 6.00. The lowest BCUT2D eigenvalue weighted by Gasteiger charge is -2.22. The van der Waals surface area contributed by atoms with Crippen LogP contribution >= 0.6 is 11.6 Å². The minimum atomic E-state index is -3.16. The van der Waals surface area contributed by atoms with E-state index in [2.05, 4.69) is 0 Å². The molecule has 0 aliphatic rings. The first kappa shape index (κ1) is 13.2. The number of sulfonamides is 1. The van der Waals surface area contributed by atoms with Crippen LogP contribution in [-0.4, -0.2) is 36.9 Å². The number of rotatable bonds is 6. The summed E-state index contributed by atoms with van der Waals surface area (Å²) in [4.78, 5) is 0. The lowest BCUT2D eigenvalue weighted by atomic mass is 10.5. The van der Waals surface area contributed by atoms with Crippen molar-refractivity contribution in [2.24, 2.45) is 0 Å². The van der Waals surface area contributed by atoms with Crippen molar-refractivity contribution in [3.05, 3.63) is 0 Å². The van der Waals surface area contributed by atoms with Crippen LogP contribution in [0.3, 0.4) is 0 Å². The second-order valence-electron chi connectivity index (χ2n) is 3.00. The molecule has 0 rings (SSSR count). The number of nitrogens with zero attached hydrogens (tertiary/aromatic N) is 1. The second kappa shape index (κ2) is 5.83. The molecule has 0 amide bonds. The molecule has 0 aliphatic heterocycles. The third kappa shape index (κ3) is 3.44. The average molecular weight is 228 g/mol. The standard InChI is InChI=1S/C8H18ClNO2S/c1-4-6-10(5-2)13(11,12)8(3)7-9/h8H,4-7H2,1-3H3. The molecule has 0 fully saturated rings. The molecule has 0 heterocycles. The molecule has 0 aromatic heterocycles. The molecule has 0 spiro atoms. The lowest BCUT2D eigenvalue weighted by Crippen LogP contribution is -2.38. The van der Waals surface area contributed by atoms with E-state index in [0.29, 0.717) is 13.1 Å². The number of hydrogen-bond acceptors (Lipinski definition) is 2. The minimum Gasteiger partial charge on any atom is -0.212 e. The van der Waals surface area contributed by atoms with Crippen LogP contribution in [0.1, 0.15) is 27.2 Å². The summed E-state index contributed by atoms with van der Waals surface area (Å²) in [7, 11) is -3.16. The summed E-state index contributed by atoms with van der Waals surface area (Å²) in [5, 5.41) is -0.485. The minimum absolute atomic E-state index is 0.155. The summed E-state index contributed by atoms with van der Waals surface area (Å²) in [6.07, 6.45) is 0.835. The molecule has 3 nitrogen and oxygen atoms in total. The normalized spacial score (nSPS) is 14.8. The zero-order valence-corrected chi connectivity index (χ0v) is 10.0. The molecule has 0 saturated heterocycles. The van der Waals surface area contributed by atoms with Crippen LogP contribution in [0.2, 0.25) is 0 Å². The van der Waals surface area contributed by atoms with Crippen molar-refractivity contribution in [2.75, 3.05) is 19.0 Å². The first-order valence-electron chi connectivity index (χ1n) is 4.55. The predicted molar refractivity (Wildman–Crippen MR) is 56.6 cm³/mol. The van der Waals surface area contributed by atoms with Gasteiger partial charge in [0.2, 0.25) is 10.0 Å². The van der Waals surface area contributed by atoms with E-state index in [-0.39, 0.29) is 5.88 Å². The van der Waals surface area contributed by atoms with Crippen molar-refractivity contribution in [1.29, 1.82) is 0 Å². The van der Waals surface area contributed by atoms with E-state index in [1.807, 2.05) is 13.8 Å². The fourth-order valence-corrected chi connectivity index (χ4v) is 2.99. The summed E-state index contributed by atoms with van der Waals surface area (Å²) in [5.74, 6) is 0.155. The summed E-state index contributed by atoms with van der Waals surface area (Å²) >= 11 is 5.53. The molecule has 1 unspecified atom stereocenters. The largest absolute Gasteiger partial charge is 0.217 e. The molecule has 5 heteroatoms. The highest BCUT2D eigenvalue weighted by atomic mass is 35.5. The van der Waals surface area contributed by atoms with Crippen molar-refractivity contribution in [2.45, 2.75) is 32.4 Å². The summed E-state index contributed by atoms with van der Waals surface area (Å²) in [6, 6.07) is 0. The Morgan fingerprint density at radius 2 is 1.92 bits per heavy atom. The van der Waals surface area contributed by atoms with E-state index in [0.717, 1.165) is 6.42 Å². The van der Waals surface area contributed by atoms with Gasteiger partial charge in [-0.15, -0.1) is 11.6 Å². The van der Waals surface area contributed by atoms with E-state index in [9.17, 15) is 8.42 Å². The molecule has 0 bridgehead atoms. The van der Waals surface area contributed by atoms with Gasteiger partial charge in [0.25, 0.3) is 0 Å². The van der Waals surface area contributed by atoms with E-state index in [1.54, 1.807) is 6.92 Å². The van der Waals surface area contributed by atoms with Gasteiger partial charge >= 0.3 is 0 Å². The maximum absolute atomic E-state index is 11.7. The molecule has 13 heavy (non-hydrogen) atoms. The summed E-state index contributed by atoms with van der Waals surface area (Å²) in [5.41, 5.74) is 0. The van der Waals surface area contributed by atoms with Gasteiger partial charge in [-0.1, -0.05) is 13.8 Å². The van der Waals surface area contributed by atoms with Crippen LogP contribution in [0, 0.1) is 0 Å². The fraction of sp³-hybridized carbons (Fsp3) is 1.00.